The van der Waals surface area contributed by atoms with Gasteiger partial charge in [-0.3, -0.25) is 0 Å². The van der Waals surface area contributed by atoms with E-state index in [4.69, 9.17) is 5.73 Å². The molecule has 1 aliphatic rings. The number of hydrogen-bond acceptors (Lipinski definition) is 4. The van der Waals surface area contributed by atoms with Crippen LogP contribution < -0.4 is 10.6 Å². The lowest BCUT2D eigenvalue weighted by Gasteiger charge is -2.38. The van der Waals surface area contributed by atoms with Gasteiger partial charge >= 0.3 is 0 Å². The van der Waals surface area contributed by atoms with Crippen molar-refractivity contribution in [3.63, 3.8) is 0 Å². The number of sulfonamides is 1. The van der Waals surface area contributed by atoms with Crippen molar-refractivity contribution in [2.75, 3.05) is 0 Å². The molecule has 0 aliphatic carbocycles. The summed E-state index contributed by atoms with van der Waals surface area (Å²) in [5.41, 5.74) is 7.25. The number of piperidine rings is 1. The molecule has 6 heteroatoms. The van der Waals surface area contributed by atoms with Gasteiger partial charge < -0.3 is 5.73 Å². The van der Waals surface area contributed by atoms with Gasteiger partial charge in [-0.25, -0.2) is 13.4 Å². The summed E-state index contributed by atoms with van der Waals surface area (Å²) in [6, 6.07) is 5.67. The Hall–Kier alpha value is -0.950. The first-order valence-electron chi connectivity index (χ1n) is 7.45. The van der Waals surface area contributed by atoms with E-state index in [0.717, 1.165) is 30.4 Å². The summed E-state index contributed by atoms with van der Waals surface area (Å²) in [7, 11) is -3.55. The molecule has 1 aliphatic heterocycles. The highest BCUT2D eigenvalue weighted by molar-refractivity contribution is 7.89. The molecular formula is C15H25N3O2S. The monoisotopic (exact) mass is 311 g/mol. The molecule has 0 spiro atoms. The second-order valence-electron chi connectivity index (χ2n) is 5.93. The maximum atomic E-state index is 12.6. The lowest BCUT2D eigenvalue weighted by molar-refractivity contribution is 0.0790. The van der Waals surface area contributed by atoms with Crippen molar-refractivity contribution in [1.29, 1.82) is 0 Å². The van der Waals surface area contributed by atoms with Gasteiger partial charge in [0.2, 0.25) is 0 Å². The van der Waals surface area contributed by atoms with Crippen LogP contribution in [0.25, 0.3) is 0 Å². The largest absolute Gasteiger partial charge is 0.326 e. The normalized spacial score (nSPS) is 24.2. The van der Waals surface area contributed by atoms with Crippen LogP contribution in [0.4, 0.5) is 0 Å². The molecule has 2 unspecified atom stereocenters. The Morgan fingerprint density at radius 1 is 1.29 bits per heavy atom. The maximum absolute atomic E-state index is 12.6. The molecule has 1 fully saturated rings. The lowest BCUT2D eigenvalue weighted by Crippen LogP contribution is -2.54. The first-order valence-corrected chi connectivity index (χ1v) is 8.94. The molecule has 1 aromatic rings. The van der Waals surface area contributed by atoms with E-state index in [9.17, 15) is 8.42 Å². The summed E-state index contributed by atoms with van der Waals surface area (Å²) in [4.78, 5) is 3.09. The fourth-order valence-corrected chi connectivity index (χ4v) is 4.39. The molecule has 1 saturated heterocycles. The molecule has 3 N–H and O–H groups in total. The molecule has 0 radical (unpaired) electrons. The minimum atomic E-state index is -3.55. The van der Waals surface area contributed by atoms with Crippen LogP contribution in [-0.4, -0.2) is 25.5 Å². The maximum Gasteiger partial charge on any atom is 0.253 e. The zero-order chi connectivity index (χ0) is 15.6. The van der Waals surface area contributed by atoms with Crippen LogP contribution in [-0.2, 0) is 16.6 Å². The van der Waals surface area contributed by atoms with E-state index >= 15 is 0 Å². The van der Waals surface area contributed by atoms with E-state index in [1.54, 1.807) is 19.1 Å². The van der Waals surface area contributed by atoms with E-state index in [2.05, 4.69) is 18.7 Å². The van der Waals surface area contributed by atoms with Crippen molar-refractivity contribution < 1.29 is 8.42 Å². The molecule has 118 valence electrons. The van der Waals surface area contributed by atoms with E-state index in [0.29, 0.717) is 11.4 Å². The van der Waals surface area contributed by atoms with Crippen LogP contribution in [0, 0.1) is 6.92 Å². The predicted octanol–water partition coefficient (Wildman–Crippen LogP) is 1.91. The van der Waals surface area contributed by atoms with Crippen LogP contribution >= 0.6 is 0 Å². The van der Waals surface area contributed by atoms with Crippen molar-refractivity contribution >= 4 is 10.0 Å². The van der Waals surface area contributed by atoms with Crippen LogP contribution in [0.15, 0.2) is 23.1 Å². The second kappa shape index (κ2) is 6.44. The summed E-state index contributed by atoms with van der Waals surface area (Å²) in [5.74, 6) is 0. The van der Waals surface area contributed by atoms with Gasteiger partial charge in [-0.15, -0.1) is 4.83 Å². The Morgan fingerprint density at radius 3 is 2.43 bits per heavy atom. The third-order valence-electron chi connectivity index (χ3n) is 4.18. The number of nitrogens with one attached hydrogen (secondary N) is 1. The third-order valence-corrected chi connectivity index (χ3v) is 5.67. The van der Waals surface area contributed by atoms with Gasteiger partial charge in [-0.05, 0) is 50.8 Å². The molecule has 1 aromatic carbocycles. The average Bonchev–Trinajstić information content (AvgIpc) is 2.42. The summed E-state index contributed by atoms with van der Waals surface area (Å²) < 4.78 is 25.3. The average molecular weight is 311 g/mol. The Balaban J connectivity index is 2.25. The third kappa shape index (κ3) is 3.63. The number of hydrogen-bond donors (Lipinski definition) is 2. The molecule has 2 rings (SSSR count). The standard InChI is InChI=1S/C15H25N3O2S/c1-11-9-14(10-16)7-8-15(11)21(19,20)17-18-12(2)5-4-6-13(18)3/h7-9,12-13,17H,4-6,10,16H2,1-3H3. The molecule has 0 saturated carbocycles. The van der Waals surface area contributed by atoms with Crippen LogP contribution in [0.3, 0.4) is 0 Å². The minimum absolute atomic E-state index is 0.215. The van der Waals surface area contributed by atoms with Gasteiger partial charge in [-0.2, -0.15) is 0 Å². The fourth-order valence-electron chi connectivity index (χ4n) is 2.93. The Kier molecular flexibility index (Phi) is 5.03. The molecule has 1 heterocycles. The molecule has 2 atom stereocenters. The van der Waals surface area contributed by atoms with E-state index in [1.807, 2.05) is 11.1 Å². The highest BCUT2D eigenvalue weighted by Crippen LogP contribution is 2.23. The van der Waals surface area contributed by atoms with Crippen LogP contribution in [0.1, 0.15) is 44.2 Å². The number of hydrazine groups is 1. The van der Waals surface area contributed by atoms with Gasteiger partial charge in [0, 0.05) is 18.6 Å². The molecule has 21 heavy (non-hydrogen) atoms. The topological polar surface area (TPSA) is 75.4 Å². The summed E-state index contributed by atoms with van der Waals surface area (Å²) in [5, 5.41) is 1.87. The number of benzene rings is 1. The summed E-state index contributed by atoms with van der Waals surface area (Å²) >= 11 is 0. The van der Waals surface area contributed by atoms with Crippen molar-refractivity contribution in [1.82, 2.24) is 9.84 Å². The Labute approximate surface area is 127 Å². The summed E-state index contributed by atoms with van der Waals surface area (Å²) in [6.45, 7) is 6.33. The van der Waals surface area contributed by atoms with Gasteiger partial charge in [0.25, 0.3) is 10.0 Å². The molecular weight excluding hydrogens is 286 g/mol. The SMILES string of the molecule is Cc1cc(CN)ccc1S(=O)(=O)NN1C(C)CCCC1C. The smallest absolute Gasteiger partial charge is 0.253 e. The molecule has 0 amide bonds. The zero-order valence-electron chi connectivity index (χ0n) is 13.0. The summed E-state index contributed by atoms with van der Waals surface area (Å²) in [6.07, 6.45) is 3.17. The lowest BCUT2D eigenvalue weighted by atomic mass is 10.0. The number of rotatable bonds is 4. The first-order chi connectivity index (χ1) is 9.85. The molecule has 5 nitrogen and oxygen atoms in total. The highest BCUT2D eigenvalue weighted by Gasteiger charge is 2.29. The molecule has 0 bridgehead atoms. The number of aryl methyl sites for hydroxylation is 1. The van der Waals surface area contributed by atoms with Crippen molar-refractivity contribution in [2.24, 2.45) is 5.73 Å². The van der Waals surface area contributed by atoms with Gasteiger partial charge in [-0.1, -0.05) is 18.6 Å². The van der Waals surface area contributed by atoms with Crippen LogP contribution in [0.5, 0.6) is 0 Å². The molecule has 0 aromatic heterocycles. The highest BCUT2D eigenvalue weighted by atomic mass is 32.2. The predicted molar refractivity (Wildman–Crippen MR) is 84.0 cm³/mol. The van der Waals surface area contributed by atoms with Gasteiger partial charge in [0.15, 0.2) is 0 Å². The quantitative estimate of drug-likeness (QED) is 0.890. The van der Waals surface area contributed by atoms with Crippen molar-refractivity contribution in [2.45, 2.75) is 63.6 Å². The van der Waals surface area contributed by atoms with Crippen molar-refractivity contribution in [3.8, 4) is 0 Å². The Morgan fingerprint density at radius 2 is 1.90 bits per heavy atom. The second-order valence-corrected chi connectivity index (χ2v) is 7.56. The van der Waals surface area contributed by atoms with Gasteiger partial charge in [0.1, 0.15) is 0 Å². The van der Waals surface area contributed by atoms with E-state index in [1.165, 1.54) is 0 Å². The van der Waals surface area contributed by atoms with Gasteiger partial charge in [0.05, 0.1) is 4.90 Å². The van der Waals surface area contributed by atoms with E-state index in [-0.39, 0.29) is 12.1 Å². The fraction of sp³-hybridized carbons (Fsp3) is 0.600. The number of nitrogens with zero attached hydrogens (tertiary/aromatic N) is 1. The number of nitrogens with two attached hydrogens (primary N) is 1. The van der Waals surface area contributed by atoms with E-state index < -0.39 is 10.0 Å². The Bertz CT molecular complexity index is 591. The van der Waals surface area contributed by atoms with Crippen LogP contribution in [0.2, 0.25) is 0 Å². The first kappa shape index (κ1) is 16.4. The zero-order valence-corrected chi connectivity index (χ0v) is 13.8. The van der Waals surface area contributed by atoms with Crippen molar-refractivity contribution in [3.05, 3.63) is 29.3 Å². The minimum Gasteiger partial charge on any atom is -0.326 e.